The average Bonchev–Trinajstić information content (AvgIpc) is 2.97. The summed E-state index contributed by atoms with van der Waals surface area (Å²) in [4.78, 5) is 29.4. The molecule has 1 unspecified atom stereocenters. The maximum atomic E-state index is 12.8. The molecule has 0 bridgehead atoms. The highest BCUT2D eigenvalue weighted by Gasteiger charge is 2.27. The highest BCUT2D eigenvalue weighted by Crippen LogP contribution is 2.16. The van der Waals surface area contributed by atoms with Crippen LogP contribution >= 0.6 is 0 Å². The second kappa shape index (κ2) is 16.6. The summed E-state index contributed by atoms with van der Waals surface area (Å²) in [5.41, 5.74) is 1.93. The number of carbonyl (C=O) groups is 2. The number of nitrogens with zero attached hydrogens (tertiary/aromatic N) is 1. The van der Waals surface area contributed by atoms with E-state index in [1.54, 1.807) is 46.2 Å². The molecule has 5 atom stereocenters. The number of hydrogen-bond donors (Lipinski definition) is 5. The minimum Gasteiger partial charge on any atom is -0.444 e. The van der Waals surface area contributed by atoms with E-state index < -0.39 is 48.2 Å². The van der Waals surface area contributed by atoms with Crippen molar-refractivity contribution >= 4 is 12.2 Å². The summed E-state index contributed by atoms with van der Waals surface area (Å²) in [5, 5.41) is 30.8. The van der Waals surface area contributed by atoms with Gasteiger partial charge >= 0.3 is 12.2 Å². The third-order valence-electron chi connectivity index (χ3n) is 6.68. The third kappa shape index (κ3) is 12.4. The summed E-state index contributed by atoms with van der Waals surface area (Å²) in [6.45, 7) is 7.20. The number of rotatable bonds is 14. The smallest absolute Gasteiger partial charge is 0.408 e. The first-order valence-corrected chi connectivity index (χ1v) is 14.5. The molecule has 0 aliphatic rings. The highest BCUT2D eigenvalue weighted by atomic mass is 16.6. The Morgan fingerprint density at radius 1 is 0.791 bits per heavy atom. The molecule has 1 heterocycles. The van der Waals surface area contributed by atoms with Crippen LogP contribution < -0.4 is 16.0 Å². The largest absolute Gasteiger partial charge is 0.444 e. The lowest BCUT2D eigenvalue weighted by molar-refractivity contribution is 0.0415. The van der Waals surface area contributed by atoms with Crippen LogP contribution in [0.5, 0.6) is 0 Å². The first kappa shape index (κ1) is 33.5. The second-order valence-electron chi connectivity index (χ2n) is 11.5. The van der Waals surface area contributed by atoms with Crippen molar-refractivity contribution in [1.29, 1.82) is 0 Å². The number of aliphatic hydroxyl groups excluding tert-OH is 2. The minimum atomic E-state index is -1.01. The van der Waals surface area contributed by atoms with Crippen molar-refractivity contribution in [1.82, 2.24) is 20.9 Å². The van der Waals surface area contributed by atoms with E-state index in [0.717, 1.165) is 16.7 Å². The maximum absolute atomic E-state index is 12.8. The Balaban J connectivity index is 1.61. The van der Waals surface area contributed by atoms with E-state index in [1.165, 1.54) is 0 Å². The number of amides is 2. The number of ether oxygens (including phenoxy) is 2. The van der Waals surface area contributed by atoms with Crippen LogP contribution in [-0.2, 0) is 22.3 Å². The van der Waals surface area contributed by atoms with E-state index in [-0.39, 0.29) is 13.1 Å². The van der Waals surface area contributed by atoms with Gasteiger partial charge in [0, 0.05) is 31.0 Å². The topological polar surface area (TPSA) is 142 Å². The Bertz CT molecular complexity index is 1240. The fourth-order valence-corrected chi connectivity index (χ4v) is 4.46. The van der Waals surface area contributed by atoms with Gasteiger partial charge in [0.2, 0.25) is 0 Å². The lowest BCUT2D eigenvalue weighted by atomic mass is 10.00. The van der Waals surface area contributed by atoms with Crippen molar-refractivity contribution in [2.24, 2.45) is 0 Å². The zero-order valence-corrected chi connectivity index (χ0v) is 25.3. The monoisotopic (exact) mass is 592 g/mol. The van der Waals surface area contributed by atoms with Crippen molar-refractivity contribution in [2.75, 3.05) is 13.1 Å². The molecule has 3 rings (SSSR count). The highest BCUT2D eigenvalue weighted by molar-refractivity contribution is 5.68. The number of benzene rings is 2. The third-order valence-corrected chi connectivity index (χ3v) is 6.68. The molecule has 0 saturated heterocycles. The van der Waals surface area contributed by atoms with Crippen molar-refractivity contribution in [2.45, 2.75) is 76.5 Å². The Hall–Kier alpha value is -3.99. The average molecular weight is 593 g/mol. The van der Waals surface area contributed by atoms with Gasteiger partial charge in [0.1, 0.15) is 11.7 Å². The van der Waals surface area contributed by atoms with Crippen LogP contribution in [0.15, 0.2) is 85.2 Å². The maximum Gasteiger partial charge on any atom is 0.408 e. The summed E-state index contributed by atoms with van der Waals surface area (Å²) < 4.78 is 10.9. The molecule has 0 saturated carbocycles. The Morgan fingerprint density at radius 3 is 1.77 bits per heavy atom. The van der Waals surface area contributed by atoms with Gasteiger partial charge in [0.15, 0.2) is 0 Å². The van der Waals surface area contributed by atoms with Crippen LogP contribution in [0, 0.1) is 0 Å². The Kier molecular flexibility index (Phi) is 12.9. The summed E-state index contributed by atoms with van der Waals surface area (Å²) in [7, 11) is 0. The van der Waals surface area contributed by atoms with E-state index in [0.29, 0.717) is 12.8 Å². The van der Waals surface area contributed by atoms with Crippen LogP contribution in [0.4, 0.5) is 9.59 Å². The van der Waals surface area contributed by atoms with Gasteiger partial charge in [-0.1, -0.05) is 66.7 Å². The first-order chi connectivity index (χ1) is 20.5. The fourth-order valence-electron chi connectivity index (χ4n) is 4.46. The van der Waals surface area contributed by atoms with Crippen molar-refractivity contribution < 1.29 is 29.3 Å². The lowest BCUT2D eigenvalue weighted by Crippen LogP contribution is -2.52. The number of nitrogens with one attached hydrogen (secondary N) is 3. The number of aliphatic hydroxyl groups is 2. The standard InChI is InChI=1S/C33H44N4O6/c1-23(26-16-11-17-34-20-26)42-31(40)36-27(18-24-12-7-5-8-13-24)29(38)21-35-22-30(39)28(19-25-14-9-6-10-15-25)37-32(41)43-33(2,3)4/h5-17,20,23,27-30,35,38-39H,18-19,21-22H2,1-4H3,(H,36,40)(H,37,41)/t23?,27-,28-,29+,30+/m0/s1. The summed E-state index contributed by atoms with van der Waals surface area (Å²) in [6.07, 6.45) is 0.182. The van der Waals surface area contributed by atoms with Gasteiger partial charge in [-0.05, 0) is 57.7 Å². The number of aromatic nitrogens is 1. The molecule has 232 valence electrons. The predicted molar refractivity (Wildman–Crippen MR) is 164 cm³/mol. The zero-order chi connectivity index (χ0) is 31.2. The van der Waals surface area contributed by atoms with Crippen LogP contribution in [0.1, 0.15) is 50.5 Å². The molecule has 3 aromatic rings. The van der Waals surface area contributed by atoms with Gasteiger partial charge in [-0.3, -0.25) is 4.98 Å². The number of alkyl carbamates (subject to hydrolysis) is 2. The van der Waals surface area contributed by atoms with Gasteiger partial charge in [-0.2, -0.15) is 0 Å². The second-order valence-corrected chi connectivity index (χ2v) is 11.5. The van der Waals surface area contributed by atoms with Crippen molar-refractivity contribution in [3.8, 4) is 0 Å². The molecule has 2 amide bonds. The molecule has 0 spiro atoms. The van der Waals surface area contributed by atoms with Crippen LogP contribution in [-0.4, -0.2) is 70.4 Å². The van der Waals surface area contributed by atoms with Crippen LogP contribution in [0.3, 0.4) is 0 Å². The molecular formula is C33H44N4O6. The van der Waals surface area contributed by atoms with E-state index in [2.05, 4.69) is 20.9 Å². The quantitative estimate of drug-likeness (QED) is 0.190. The molecule has 1 aromatic heterocycles. The van der Waals surface area contributed by atoms with Crippen molar-refractivity contribution in [3.05, 3.63) is 102 Å². The van der Waals surface area contributed by atoms with Gasteiger partial charge in [0.25, 0.3) is 0 Å². The fraction of sp³-hybridized carbons (Fsp3) is 0.424. The van der Waals surface area contributed by atoms with Gasteiger partial charge in [-0.25, -0.2) is 9.59 Å². The predicted octanol–water partition coefficient (Wildman–Crippen LogP) is 3.93. The van der Waals surface area contributed by atoms with Gasteiger partial charge in [-0.15, -0.1) is 0 Å². The molecule has 0 radical (unpaired) electrons. The molecule has 0 aliphatic carbocycles. The summed E-state index contributed by atoms with van der Waals surface area (Å²) in [5.74, 6) is 0. The molecule has 0 aliphatic heterocycles. The Morgan fingerprint density at radius 2 is 1.30 bits per heavy atom. The number of hydrogen-bond acceptors (Lipinski definition) is 8. The van der Waals surface area contributed by atoms with E-state index in [1.807, 2.05) is 66.7 Å². The molecule has 43 heavy (non-hydrogen) atoms. The van der Waals surface area contributed by atoms with Crippen LogP contribution in [0.25, 0.3) is 0 Å². The minimum absolute atomic E-state index is 0.0670. The van der Waals surface area contributed by atoms with Gasteiger partial charge in [0.05, 0.1) is 24.3 Å². The molecule has 2 aromatic carbocycles. The summed E-state index contributed by atoms with van der Waals surface area (Å²) in [6, 6.07) is 21.3. The molecule has 10 nitrogen and oxygen atoms in total. The van der Waals surface area contributed by atoms with Gasteiger partial charge < -0.3 is 35.6 Å². The summed E-state index contributed by atoms with van der Waals surface area (Å²) >= 11 is 0. The molecule has 5 N–H and O–H groups in total. The van der Waals surface area contributed by atoms with E-state index in [9.17, 15) is 19.8 Å². The molecule has 0 fully saturated rings. The molecule has 10 heteroatoms. The van der Waals surface area contributed by atoms with Crippen LogP contribution in [0.2, 0.25) is 0 Å². The normalized spacial score (nSPS) is 14.9. The van der Waals surface area contributed by atoms with E-state index >= 15 is 0 Å². The lowest BCUT2D eigenvalue weighted by Gasteiger charge is -2.28. The zero-order valence-electron chi connectivity index (χ0n) is 25.3. The number of carbonyl (C=O) groups excluding carboxylic acids is 2. The molecular weight excluding hydrogens is 548 g/mol. The van der Waals surface area contributed by atoms with E-state index in [4.69, 9.17) is 9.47 Å². The van der Waals surface area contributed by atoms with Crippen molar-refractivity contribution in [3.63, 3.8) is 0 Å². The SMILES string of the molecule is CC(OC(=O)N[C@@H](Cc1ccccc1)[C@H](O)CNC[C@@H](O)[C@H](Cc1ccccc1)NC(=O)OC(C)(C)C)c1cccnc1. The number of pyridine rings is 1. The Labute approximate surface area is 253 Å². The first-order valence-electron chi connectivity index (χ1n) is 14.5.